The number of nitrogens with one attached hydrogen (secondary N) is 3. The van der Waals surface area contributed by atoms with Gasteiger partial charge < -0.3 is 25.4 Å². The van der Waals surface area contributed by atoms with E-state index < -0.39 is 0 Å². The van der Waals surface area contributed by atoms with Crippen molar-refractivity contribution >= 4 is 11.9 Å². The molecule has 1 aromatic carbocycles. The van der Waals surface area contributed by atoms with E-state index in [1.54, 1.807) is 0 Å². The van der Waals surface area contributed by atoms with E-state index in [2.05, 4.69) is 20.9 Å². The van der Waals surface area contributed by atoms with Crippen molar-refractivity contribution in [3.8, 4) is 0 Å². The quantitative estimate of drug-likeness (QED) is 0.305. The Bertz CT molecular complexity index is 615. The van der Waals surface area contributed by atoms with Gasteiger partial charge in [0.05, 0.1) is 19.8 Å². The zero-order valence-electron chi connectivity index (χ0n) is 17.1. The molecule has 1 amide bonds. The molecule has 3 N–H and O–H groups in total. The summed E-state index contributed by atoms with van der Waals surface area (Å²) in [6.45, 7) is 9.90. The molecule has 1 unspecified atom stereocenters. The maximum atomic E-state index is 12.0. The molecule has 0 saturated carbocycles. The highest BCUT2D eigenvalue weighted by Crippen LogP contribution is 2.12. The van der Waals surface area contributed by atoms with E-state index >= 15 is 0 Å². The van der Waals surface area contributed by atoms with Gasteiger partial charge in [-0.3, -0.25) is 4.79 Å². The molecule has 0 spiro atoms. The number of amides is 1. The number of ether oxygens (including phenoxy) is 2. The van der Waals surface area contributed by atoms with Gasteiger partial charge in [0.15, 0.2) is 5.96 Å². The predicted octanol–water partition coefficient (Wildman–Crippen LogP) is 1.93. The first-order valence-electron chi connectivity index (χ1n) is 10.3. The first-order valence-corrected chi connectivity index (χ1v) is 10.3. The highest BCUT2D eigenvalue weighted by atomic mass is 16.5. The molecular weight excluding hydrogens is 356 g/mol. The Morgan fingerprint density at radius 2 is 2.11 bits per heavy atom. The number of benzene rings is 1. The molecule has 1 saturated heterocycles. The molecule has 2 rings (SSSR count). The number of aliphatic imine (C=N–C) groups is 1. The van der Waals surface area contributed by atoms with E-state index in [1.165, 1.54) is 0 Å². The minimum atomic E-state index is -0.0532. The van der Waals surface area contributed by atoms with Crippen molar-refractivity contribution in [1.82, 2.24) is 16.0 Å². The number of rotatable bonds is 11. The third-order valence-corrected chi connectivity index (χ3v) is 4.43. The average molecular weight is 391 g/mol. The number of guanidine groups is 1. The molecule has 1 fully saturated rings. The van der Waals surface area contributed by atoms with Crippen molar-refractivity contribution in [2.24, 2.45) is 10.9 Å². The third kappa shape index (κ3) is 8.27. The summed E-state index contributed by atoms with van der Waals surface area (Å²) in [5.74, 6) is 1.28. The second-order valence-electron chi connectivity index (χ2n) is 6.84. The molecule has 1 aromatic rings. The molecule has 0 radical (unpaired) electrons. The van der Waals surface area contributed by atoms with Crippen LogP contribution >= 0.6 is 0 Å². The van der Waals surface area contributed by atoms with Gasteiger partial charge in [0.25, 0.3) is 5.91 Å². The van der Waals surface area contributed by atoms with Crippen LogP contribution < -0.4 is 16.0 Å². The Hall–Kier alpha value is -2.12. The van der Waals surface area contributed by atoms with Gasteiger partial charge in [-0.15, -0.1) is 0 Å². The van der Waals surface area contributed by atoms with Crippen molar-refractivity contribution in [1.29, 1.82) is 0 Å². The van der Waals surface area contributed by atoms with Gasteiger partial charge in [0.1, 0.15) is 0 Å². The molecule has 28 heavy (non-hydrogen) atoms. The van der Waals surface area contributed by atoms with Crippen LogP contribution in [0.15, 0.2) is 29.3 Å². The minimum Gasteiger partial charge on any atom is -0.381 e. The number of nitrogens with zero attached hydrogens (tertiary/aromatic N) is 1. The van der Waals surface area contributed by atoms with Crippen molar-refractivity contribution in [2.45, 2.75) is 33.2 Å². The molecule has 7 nitrogen and oxygen atoms in total. The summed E-state index contributed by atoms with van der Waals surface area (Å²) in [6.07, 6.45) is 2.03. The standard InChI is InChI=1S/C21H34N4O3/c1-3-22-20(26)19-8-5-7-17(13-19)14-25-21(23-4-2)24-10-6-11-27-15-18-9-12-28-16-18/h5,7-8,13,18H,3-4,6,9-12,14-16H2,1-2H3,(H,22,26)(H2,23,24,25). The molecule has 7 heteroatoms. The third-order valence-electron chi connectivity index (χ3n) is 4.43. The van der Waals surface area contributed by atoms with Crippen molar-refractivity contribution < 1.29 is 14.3 Å². The van der Waals surface area contributed by atoms with Crippen LogP contribution in [-0.4, -0.2) is 57.9 Å². The smallest absolute Gasteiger partial charge is 0.251 e. The van der Waals surface area contributed by atoms with Crippen LogP contribution in [0, 0.1) is 5.92 Å². The van der Waals surface area contributed by atoms with Crippen LogP contribution in [0.25, 0.3) is 0 Å². The SMILES string of the molecule is CCNC(=O)c1cccc(CN=C(NCC)NCCCOCC2CCOC2)c1. The lowest BCUT2D eigenvalue weighted by Gasteiger charge is -2.12. The van der Waals surface area contributed by atoms with Gasteiger partial charge >= 0.3 is 0 Å². The molecule has 1 atom stereocenters. The fourth-order valence-electron chi connectivity index (χ4n) is 2.93. The largest absolute Gasteiger partial charge is 0.381 e. The topological polar surface area (TPSA) is 84.0 Å². The summed E-state index contributed by atoms with van der Waals surface area (Å²) in [4.78, 5) is 16.6. The summed E-state index contributed by atoms with van der Waals surface area (Å²) in [6, 6.07) is 7.58. The van der Waals surface area contributed by atoms with Crippen LogP contribution in [-0.2, 0) is 16.0 Å². The summed E-state index contributed by atoms with van der Waals surface area (Å²) in [5, 5.41) is 9.40. The molecule has 156 valence electrons. The molecule has 1 heterocycles. The maximum Gasteiger partial charge on any atom is 0.251 e. The highest BCUT2D eigenvalue weighted by Gasteiger charge is 2.15. The van der Waals surface area contributed by atoms with Gasteiger partial charge in [0, 0.05) is 44.3 Å². The second kappa shape index (κ2) is 13.1. The summed E-state index contributed by atoms with van der Waals surface area (Å²) >= 11 is 0. The Labute approximate surface area is 168 Å². The molecule has 1 aliphatic heterocycles. The summed E-state index contributed by atoms with van der Waals surface area (Å²) in [5.41, 5.74) is 1.67. The minimum absolute atomic E-state index is 0.0532. The molecular formula is C21H34N4O3. The Kier molecular flexibility index (Phi) is 10.4. The second-order valence-corrected chi connectivity index (χ2v) is 6.84. The highest BCUT2D eigenvalue weighted by molar-refractivity contribution is 5.94. The van der Waals surface area contributed by atoms with Crippen LogP contribution in [0.2, 0.25) is 0 Å². The van der Waals surface area contributed by atoms with Gasteiger partial charge in [-0.25, -0.2) is 4.99 Å². The van der Waals surface area contributed by atoms with Crippen molar-refractivity contribution in [3.05, 3.63) is 35.4 Å². The van der Waals surface area contributed by atoms with Gasteiger partial charge in [-0.1, -0.05) is 12.1 Å². The van der Waals surface area contributed by atoms with E-state index in [0.29, 0.717) is 24.6 Å². The zero-order chi connectivity index (χ0) is 20.0. The van der Waals surface area contributed by atoms with E-state index in [4.69, 9.17) is 9.47 Å². The number of hydrogen-bond acceptors (Lipinski definition) is 4. The van der Waals surface area contributed by atoms with Crippen LogP contribution in [0.3, 0.4) is 0 Å². The summed E-state index contributed by atoms with van der Waals surface area (Å²) in [7, 11) is 0. The number of carbonyl (C=O) groups is 1. The molecule has 0 bridgehead atoms. The first-order chi connectivity index (χ1) is 13.7. The van der Waals surface area contributed by atoms with Crippen LogP contribution in [0.4, 0.5) is 0 Å². The Morgan fingerprint density at radius 1 is 1.25 bits per heavy atom. The molecule has 0 aliphatic carbocycles. The predicted molar refractivity (Wildman–Crippen MR) is 112 cm³/mol. The Balaban J connectivity index is 1.73. The molecule has 1 aliphatic rings. The van der Waals surface area contributed by atoms with Gasteiger partial charge in [-0.2, -0.15) is 0 Å². The van der Waals surface area contributed by atoms with Gasteiger partial charge in [0.2, 0.25) is 0 Å². The monoisotopic (exact) mass is 390 g/mol. The lowest BCUT2D eigenvalue weighted by molar-refractivity contribution is 0.0888. The number of hydrogen-bond donors (Lipinski definition) is 3. The van der Waals surface area contributed by atoms with Gasteiger partial charge in [-0.05, 0) is 44.4 Å². The molecule has 0 aromatic heterocycles. The first kappa shape index (κ1) is 22.2. The summed E-state index contributed by atoms with van der Waals surface area (Å²) < 4.78 is 11.1. The lowest BCUT2D eigenvalue weighted by Crippen LogP contribution is -2.38. The fourth-order valence-corrected chi connectivity index (χ4v) is 2.93. The van der Waals surface area contributed by atoms with Crippen LogP contribution in [0.1, 0.15) is 42.6 Å². The zero-order valence-corrected chi connectivity index (χ0v) is 17.1. The normalized spacial score (nSPS) is 16.8. The Morgan fingerprint density at radius 3 is 2.86 bits per heavy atom. The average Bonchev–Trinajstić information content (AvgIpc) is 3.22. The van der Waals surface area contributed by atoms with Crippen LogP contribution in [0.5, 0.6) is 0 Å². The number of carbonyl (C=O) groups excluding carboxylic acids is 1. The van der Waals surface area contributed by atoms with E-state index in [9.17, 15) is 4.79 Å². The maximum absolute atomic E-state index is 12.0. The van der Waals surface area contributed by atoms with Crippen molar-refractivity contribution in [3.63, 3.8) is 0 Å². The fraction of sp³-hybridized carbons (Fsp3) is 0.619. The van der Waals surface area contributed by atoms with E-state index in [-0.39, 0.29) is 5.91 Å². The lowest BCUT2D eigenvalue weighted by atomic mass is 10.1. The van der Waals surface area contributed by atoms with E-state index in [0.717, 1.165) is 63.9 Å². The van der Waals surface area contributed by atoms with E-state index in [1.807, 2.05) is 38.1 Å². The van der Waals surface area contributed by atoms with Crippen molar-refractivity contribution in [2.75, 3.05) is 46.1 Å².